The van der Waals surface area contributed by atoms with Crippen molar-refractivity contribution in [1.82, 2.24) is 15.4 Å². The van der Waals surface area contributed by atoms with Gasteiger partial charge in [-0.3, -0.25) is 9.59 Å². The molecule has 2 aliphatic heterocycles. The van der Waals surface area contributed by atoms with E-state index in [9.17, 15) is 27.2 Å². The van der Waals surface area contributed by atoms with Crippen molar-refractivity contribution in [3.8, 4) is 5.75 Å². The van der Waals surface area contributed by atoms with Crippen LogP contribution in [0.1, 0.15) is 45.1 Å². The number of carbonyl (C=O) groups excluding carboxylic acids is 3. The number of benzene rings is 2. The fourth-order valence-corrected chi connectivity index (χ4v) is 6.20. The Kier molecular flexibility index (Phi) is 8.70. The predicted molar refractivity (Wildman–Crippen MR) is 142 cm³/mol. The number of carbonyl (C=O) groups is 3. The van der Waals surface area contributed by atoms with E-state index in [1.807, 2.05) is 13.8 Å². The molecule has 2 amide bonds. The third-order valence-electron chi connectivity index (χ3n) is 7.33. The minimum absolute atomic E-state index is 0.00640. The Labute approximate surface area is 227 Å². The molecule has 1 unspecified atom stereocenters. The fourth-order valence-electron chi connectivity index (χ4n) is 5.00. The van der Waals surface area contributed by atoms with Gasteiger partial charge in [-0.15, -0.1) is 0 Å². The lowest BCUT2D eigenvalue weighted by Crippen LogP contribution is -2.58. The van der Waals surface area contributed by atoms with Crippen LogP contribution in [-0.2, 0) is 30.8 Å². The van der Waals surface area contributed by atoms with Crippen LogP contribution in [-0.4, -0.2) is 50.7 Å². The van der Waals surface area contributed by atoms with Crippen molar-refractivity contribution >= 4 is 28.1 Å². The van der Waals surface area contributed by atoms with Crippen LogP contribution in [0, 0.1) is 17.7 Å². The second-order valence-corrected chi connectivity index (χ2v) is 12.3. The average molecular weight is 560 g/mol. The first-order chi connectivity index (χ1) is 18.5. The van der Waals surface area contributed by atoms with E-state index in [0.29, 0.717) is 49.9 Å². The lowest BCUT2D eigenvalue weighted by atomic mass is 10.0. The Bertz CT molecular complexity index is 1300. The summed E-state index contributed by atoms with van der Waals surface area (Å²) in [5, 5.41) is 5.60. The SMILES string of the molecule is CC(C)C1C[C@@]12NC(=O)[C@@H](NS(=O)(=O)c1ccc(F)cc1)Cc1ccc(cc1)OCCCC[C@@H](C=O)NC2=O. The fraction of sp³-hybridized carbons (Fsp3) is 0.464. The van der Waals surface area contributed by atoms with Crippen LogP contribution < -0.4 is 20.1 Å². The number of halogens is 1. The second kappa shape index (κ2) is 11.8. The average Bonchev–Trinajstić information content (AvgIpc) is 3.63. The van der Waals surface area contributed by atoms with E-state index >= 15 is 0 Å². The molecule has 210 valence electrons. The van der Waals surface area contributed by atoms with Crippen LogP contribution in [0.15, 0.2) is 53.4 Å². The van der Waals surface area contributed by atoms with Crippen molar-refractivity contribution in [2.45, 2.75) is 68.5 Å². The van der Waals surface area contributed by atoms with E-state index in [-0.39, 0.29) is 23.2 Å². The summed E-state index contributed by atoms with van der Waals surface area (Å²) < 4.78 is 47.9. The summed E-state index contributed by atoms with van der Waals surface area (Å²) in [4.78, 5) is 38.6. The standard InChI is InChI=1S/C28H34FN3O6S/c1-18(2)24-16-28(24)27(35)30-21(17-33)5-3-4-14-38-22-10-6-19(7-11-22)15-25(26(34)31-28)32-39(36,37)23-12-8-20(29)9-13-23/h6-13,17-18,21,24-25,32H,3-5,14-16H2,1-2H3,(H,30,35)(H,31,34)/t21-,24?,25-,28+/m0/s1. The van der Waals surface area contributed by atoms with Crippen molar-refractivity contribution in [2.24, 2.45) is 11.8 Å². The number of sulfonamides is 1. The molecule has 0 radical (unpaired) electrons. The summed E-state index contributed by atoms with van der Waals surface area (Å²) in [5.41, 5.74) is -0.586. The Morgan fingerprint density at radius 3 is 2.38 bits per heavy atom. The van der Waals surface area contributed by atoms with Crippen LogP contribution >= 0.6 is 0 Å². The Morgan fingerprint density at radius 1 is 1.08 bits per heavy atom. The smallest absolute Gasteiger partial charge is 0.246 e. The van der Waals surface area contributed by atoms with Gasteiger partial charge in [0.25, 0.3) is 0 Å². The molecule has 0 saturated heterocycles. The number of aldehydes is 1. The highest BCUT2D eigenvalue weighted by Crippen LogP contribution is 2.48. The molecule has 4 atom stereocenters. The van der Waals surface area contributed by atoms with Crippen LogP contribution in [0.4, 0.5) is 4.39 Å². The zero-order valence-corrected chi connectivity index (χ0v) is 22.8. The zero-order valence-electron chi connectivity index (χ0n) is 22.0. The van der Waals surface area contributed by atoms with Gasteiger partial charge in [0.2, 0.25) is 21.8 Å². The van der Waals surface area contributed by atoms with E-state index in [4.69, 9.17) is 4.74 Å². The van der Waals surface area contributed by atoms with Crippen LogP contribution in [0.25, 0.3) is 0 Å². The molecule has 1 saturated carbocycles. The molecule has 2 aromatic carbocycles. The molecule has 9 nitrogen and oxygen atoms in total. The number of hydrogen-bond donors (Lipinski definition) is 3. The van der Waals surface area contributed by atoms with Crippen molar-refractivity contribution < 1.29 is 31.9 Å². The summed E-state index contributed by atoms with van der Waals surface area (Å²) in [6.07, 6.45) is 2.82. The van der Waals surface area contributed by atoms with Crippen molar-refractivity contribution in [3.05, 3.63) is 59.9 Å². The minimum Gasteiger partial charge on any atom is -0.494 e. The summed E-state index contributed by atoms with van der Waals surface area (Å²) in [5.74, 6) is -1.24. The topological polar surface area (TPSA) is 131 Å². The molecule has 0 aromatic heterocycles. The molecular formula is C28H34FN3O6S. The maximum Gasteiger partial charge on any atom is 0.246 e. The van der Waals surface area contributed by atoms with Gasteiger partial charge >= 0.3 is 0 Å². The van der Waals surface area contributed by atoms with Crippen LogP contribution in [0.5, 0.6) is 5.75 Å². The third-order valence-corrected chi connectivity index (χ3v) is 8.82. The largest absolute Gasteiger partial charge is 0.494 e. The normalized spacial score (nSPS) is 26.4. The molecule has 1 fully saturated rings. The van der Waals surface area contributed by atoms with Crippen molar-refractivity contribution in [2.75, 3.05) is 6.61 Å². The second-order valence-electron chi connectivity index (χ2n) is 10.6. The van der Waals surface area contributed by atoms with Gasteiger partial charge in [-0.2, -0.15) is 4.72 Å². The summed E-state index contributed by atoms with van der Waals surface area (Å²) in [6.45, 7) is 4.31. The van der Waals surface area contributed by atoms with Gasteiger partial charge in [-0.05, 0) is 85.9 Å². The monoisotopic (exact) mass is 559 g/mol. The lowest BCUT2D eigenvalue weighted by molar-refractivity contribution is -0.132. The summed E-state index contributed by atoms with van der Waals surface area (Å²) >= 11 is 0. The van der Waals surface area contributed by atoms with Crippen LogP contribution in [0.3, 0.4) is 0 Å². The summed E-state index contributed by atoms with van der Waals surface area (Å²) in [7, 11) is -4.21. The van der Waals surface area contributed by atoms with E-state index in [1.54, 1.807) is 24.3 Å². The molecular weight excluding hydrogens is 525 g/mol. The molecule has 11 heteroatoms. The number of nitrogens with one attached hydrogen (secondary N) is 3. The highest BCUT2D eigenvalue weighted by atomic mass is 32.2. The minimum atomic E-state index is -4.21. The molecule has 3 N–H and O–H groups in total. The first kappa shape index (κ1) is 28.7. The van der Waals surface area contributed by atoms with Gasteiger partial charge in [0.15, 0.2) is 0 Å². The predicted octanol–water partition coefficient (Wildman–Crippen LogP) is 2.49. The molecule has 1 spiro atoms. The van der Waals surface area contributed by atoms with Gasteiger partial charge in [0.1, 0.15) is 29.4 Å². The van der Waals surface area contributed by atoms with Crippen LogP contribution in [0.2, 0.25) is 0 Å². The Balaban J connectivity index is 1.67. The van der Waals surface area contributed by atoms with E-state index in [2.05, 4.69) is 15.4 Å². The highest BCUT2D eigenvalue weighted by molar-refractivity contribution is 7.89. The molecule has 39 heavy (non-hydrogen) atoms. The van der Waals surface area contributed by atoms with E-state index in [0.717, 1.165) is 24.3 Å². The maximum absolute atomic E-state index is 13.7. The molecule has 3 aliphatic rings. The first-order valence-electron chi connectivity index (χ1n) is 13.1. The molecule has 1 aliphatic carbocycles. The Morgan fingerprint density at radius 2 is 1.77 bits per heavy atom. The molecule has 2 bridgehead atoms. The highest BCUT2D eigenvalue weighted by Gasteiger charge is 2.62. The van der Waals surface area contributed by atoms with Gasteiger partial charge in [0, 0.05) is 0 Å². The first-order valence-corrected chi connectivity index (χ1v) is 14.6. The molecule has 5 rings (SSSR count). The quantitative estimate of drug-likeness (QED) is 0.483. The van der Waals surface area contributed by atoms with Crippen molar-refractivity contribution in [3.63, 3.8) is 0 Å². The maximum atomic E-state index is 13.7. The van der Waals surface area contributed by atoms with Gasteiger partial charge in [-0.25, -0.2) is 12.8 Å². The van der Waals surface area contributed by atoms with E-state index < -0.39 is 45.3 Å². The van der Waals surface area contributed by atoms with Gasteiger partial charge < -0.3 is 20.2 Å². The number of fused-ring (bicyclic) bond motifs is 12. The molecule has 2 heterocycles. The number of hydrogen-bond acceptors (Lipinski definition) is 6. The Hall–Kier alpha value is -3.31. The van der Waals surface area contributed by atoms with Gasteiger partial charge in [0.05, 0.1) is 17.5 Å². The molecule has 2 aromatic rings. The van der Waals surface area contributed by atoms with Gasteiger partial charge in [-0.1, -0.05) is 26.0 Å². The number of amides is 2. The third kappa shape index (κ3) is 6.83. The summed E-state index contributed by atoms with van der Waals surface area (Å²) in [6, 6.07) is 9.27. The number of rotatable bonds is 5. The number of ether oxygens (including phenoxy) is 1. The zero-order chi connectivity index (χ0) is 28.2. The van der Waals surface area contributed by atoms with E-state index in [1.165, 1.54) is 0 Å². The van der Waals surface area contributed by atoms with Crippen molar-refractivity contribution in [1.29, 1.82) is 0 Å². The lowest BCUT2D eigenvalue weighted by Gasteiger charge is -2.26.